The summed E-state index contributed by atoms with van der Waals surface area (Å²) in [4.78, 5) is 35.2. The minimum atomic E-state index is -4.61. The largest absolute Gasteiger partial charge is 0.457 e. The Kier molecular flexibility index (Phi) is 5.72. The summed E-state index contributed by atoms with van der Waals surface area (Å²) in [6.45, 7) is 0. The fraction of sp³-hybridized carbons (Fsp3) is 0.0345. The summed E-state index contributed by atoms with van der Waals surface area (Å²) in [5.74, 6) is -0.00538. The van der Waals surface area contributed by atoms with Gasteiger partial charge in [0.05, 0.1) is 27.9 Å². The lowest BCUT2D eigenvalue weighted by molar-refractivity contribution is -0.137. The van der Waals surface area contributed by atoms with E-state index in [9.17, 15) is 22.8 Å². The maximum Gasteiger partial charge on any atom is 0.416 e. The molecule has 0 atom stereocenters. The summed E-state index contributed by atoms with van der Waals surface area (Å²) >= 11 is 0. The lowest BCUT2D eigenvalue weighted by Gasteiger charge is -2.16. The Morgan fingerprint density at radius 2 is 1.49 bits per heavy atom. The first-order valence-electron chi connectivity index (χ1n) is 11.7. The molecule has 10 heteroatoms. The second kappa shape index (κ2) is 9.25. The molecule has 1 aromatic heterocycles. The predicted octanol–water partition coefficient (Wildman–Crippen LogP) is 6.99. The van der Waals surface area contributed by atoms with Crippen LogP contribution < -0.4 is 15.0 Å². The van der Waals surface area contributed by atoms with Crippen molar-refractivity contribution in [3.8, 4) is 11.5 Å². The van der Waals surface area contributed by atoms with Gasteiger partial charge in [-0.2, -0.15) is 13.2 Å². The molecule has 0 spiro atoms. The van der Waals surface area contributed by atoms with Gasteiger partial charge in [0, 0.05) is 11.1 Å². The molecule has 5 aromatic rings. The summed E-state index contributed by atoms with van der Waals surface area (Å²) < 4.78 is 45.3. The van der Waals surface area contributed by atoms with Crippen LogP contribution in [0.2, 0.25) is 0 Å². The maximum atomic E-state index is 13.2. The van der Waals surface area contributed by atoms with Crippen LogP contribution in [0.5, 0.6) is 11.5 Å². The van der Waals surface area contributed by atoms with E-state index in [2.05, 4.69) is 15.3 Å². The van der Waals surface area contributed by atoms with Crippen LogP contribution in [0.3, 0.4) is 0 Å². The van der Waals surface area contributed by atoms with E-state index in [1.807, 2.05) is 24.3 Å². The van der Waals surface area contributed by atoms with Crippen LogP contribution in [0, 0.1) is 0 Å². The van der Waals surface area contributed by atoms with Crippen molar-refractivity contribution in [3.63, 3.8) is 0 Å². The van der Waals surface area contributed by atoms with Crippen LogP contribution in [0.1, 0.15) is 26.3 Å². The molecule has 6 rings (SSSR count). The Balaban J connectivity index is 1.20. The first-order chi connectivity index (χ1) is 18.8. The molecule has 7 nitrogen and oxygen atoms in total. The molecule has 192 valence electrons. The number of alkyl halides is 3. The lowest BCUT2D eigenvalue weighted by Crippen LogP contribution is -2.29. The molecule has 2 amide bonds. The molecule has 4 aromatic carbocycles. The van der Waals surface area contributed by atoms with Gasteiger partial charge in [0.2, 0.25) is 0 Å². The lowest BCUT2D eigenvalue weighted by atomic mass is 10.1. The first kappa shape index (κ1) is 24.1. The Bertz CT molecular complexity index is 1750. The number of carbonyl (C=O) groups is 2. The molecule has 0 radical (unpaired) electrons. The predicted molar refractivity (Wildman–Crippen MR) is 138 cm³/mol. The van der Waals surface area contributed by atoms with E-state index in [1.54, 1.807) is 24.3 Å². The Labute approximate surface area is 219 Å². The number of benzene rings is 4. The molecule has 1 N–H and O–H groups in total. The molecule has 0 saturated carbocycles. The Hall–Kier alpha value is -5.25. The van der Waals surface area contributed by atoms with E-state index in [0.29, 0.717) is 17.3 Å². The molecule has 2 heterocycles. The van der Waals surface area contributed by atoms with Crippen molar-refractivity contribution in [2.75, 3.05) is 10.2 Å². The molecular formula is C29H17F3N4O3. The van der Waals surface area contributed by atoms with Gasteiger partial charge in [0.15, 0.2) is 0 Å². The molecule has 0 saturated heterocycles. The smallest absolute Gasteiger partial charge is 0.416 e. The van der Waals surface area contributed by atoms with Crippen LogP contribution in [0.15, 0.2) is 97.3 Å². The Morgan fingerprint density at radius 3 is 2.28 bits per heavy atom. The number of hydrogen-bond donors (Lipinski definition) is 1. The van der Waals surface area contributed by atoms with Crippen molar-refractivity contribution in [2.45, 2.75) is 6.18 Å². The molecule has 1 aliphatic rings. The number of nitrogens with zero attached hydrogens (tertiary/aromatic N) is 3. The van der Waals surface area contributed by atoms with Crippen LogP contribution >= 0.6 is 0 Å². The molecular weight excluding hydrogens is 509 g/mol. The fourth-order valence-corrected chi connectivity index (χ4v) is 4.32. The van der Waals surface area contributed by atoms with Crippen molar-refractivity contribution in [1.29, 1.82) is 0 Å². The quantitative estimate of drug-likeness (QED) is 0.249. The number of anilines is 3. The highest BCUT2D eigenvalue weighted by atomic mass is 19.4. The molecule has 0 fully saturated rings. The average molecular weight is 526 g/mol. The van der Waals surface area contributed by atoms with Gasteiger partial charge >= 0.3 is 6.18 Å². The first-order valence-corrected chi connectivity index (χ1v) is 11.7. The number of para-hydroxylation sites is 1. The summed E-state index contributed by atoms with van der Waals surface area (Å²) in [6.07, 6.45) is -3.13. The standard InChI is InChI=1S/C29H17F3N4O3/c30-29(31,32)17-4-3-5-19(14-17)36-27(37)22-13-12-21(15-24(22)28(36)38)39-20-10-8-18(9-11-20)35-26-23-6-1-2-7-25(23)33-16-34-26/h1-16H,(H,33,34,35). The van der Waals surface area contributed by atoms with E-state index in [4.69, 9.17) is 4.74 Å². The van der Waals surface area contributed by atoms with Gasteiger partial charge in [0.25, 0.3) is 11.8 Å². The summed E-state index contributed by atoms with van der Waals surface area (Å²) in [6, 6.07) is 23.1. The van der Waals surface area contributed by atoms with Gasteiger partial charge < -0.3 is 10.1 Å². The number of rotatable bonds is 5. The molecule has 1 aliphatic heterocycles. The van der Waals surface area contributed by atoms with Gasteiger partial charge in [-0.05, 0) is 72.8 Å². The van der Waals surface area contributed by atoms with Crippen LogP contribution in [-0.2, 0) is 6.18 Å². The third kappa shape index (κ3) is 4.52. The highest BCUT2D eigenvalue weighted by Gasteiger charge is 2.38. The second-order valence-electron chi connectivity index (χ2n) is 8.69. The van der Waals surface area contributed by atoms with Crippen molar-refractivity contribution >= 4 is 39.9 Å². The van der Waals surface area contributed by atoms with Gasteiger partial charge in [-0.25, -0.2) is 14.9 Å². The van der Waals surface area contributed by atoms with E-state index in [-0.39, 0.29) is 16.8 Å². The minimum Gasteiger partial charge on any atom is -0.457 e. The number of aromatic nitrogens is 2. The third-order valence-corrected chi connectivity index (χ3v) is 6.19. The monoisotopic (exact) mass is 526 g/mol. The minimum absolute atomic E-state index is 0.0452. The zero-order valence-electron chi connectivity index (χ0n) is 19.9. The van der Waals surface area contributed by atoms with Gasteiger partial charge in [-0.1, -0.05) is 18.2 Å². The van der Waals surface area contributed by atoms with Gasteiger partial charge in [-0.15, -0.1) is 0 Å². The molecule has 0 unspecified atom stereocenters. The highest BCUT2D eigenvalue weighted by molar-refractivity contribution is 6.34. The number of hydrogen-bond acceptors (Lipinski definition) is 6. The zero-order chi connectivity index (χ0) is 27.1. The van der Waals surface area contributed by atoms with Crippen LogP contribution in [0.25, 0.3) is 10.9 Å². The number of amides is 2. The number of ether oxygens (including phenoxy) is 1. The highest BCUT2D eigenvalue weighted by Crippen LogP contribution is 2.36. The number of fused-ring (bicyclic) bond motifs is 2. The summed E-state index contributed by atoms with van der Waals surface area (Å²) in [5.41, 5.74) is 0.596. The SMILES string of the molecule is O=C1c2ccc(Oc3ccc(Nc4ncnc5ccccc45)cc3)cc2C(=O)N1c1cccc(C(F)(F)F)c1. The fourth-order valence-electron chi connectivity index (χ4n) is 4.32. The molecule has 39 heavy (non-hydrogen) atoms. The van der Waals surface area contributed by atoms with E-state index >= 15 is 0 Å². The van der Waals surface area contributed by atoms with Crippen molar-refractivity contribution < 1.29 is 27.5 Å². The zero-order valence-corrected chi connectivity index (χ0v) is 19.9. The van der Waals surface area contributed by atoms with Gasteiger partial charge in [-0.3, -0.25) is 9.59 Å². The average Bonchev–Trinajstić information content (AvgIpc) is 3.18. The number of imide groups is 1. The number of halogens is 3. The summed E-state index contributed by atoms with van der Waals surface area (Å²) in [5, 5.41) is 4.12. The van der Waals surface area contributed by atoms with Crippen LogP contribution in [0.4, 0.5) is 30.4 Å². The van der Waals surface area contributed by atoms with E-state index < -0.39 is 23.6 Å². The van der Waals surface area contributed by atoms with Crippen molar-refractivity contribution in [3.05, 3.63) is 114 Å². The normalized spacial score (nSPS) is 13.1. The van der Waals surface area contributed by atoms with E-state index in [1.165, 1.54) is 30.6 Å². The molecule has 0 aliphatic carbocycles. The van der Waals surface area contributed by atoms with Crippen LogP contribution in [-0.4, -0.2) is 21.8 Å². The second-order valence-corrected chi connectivity index (χ2v) is 8.69. The van der Waals surface area contributed by atoms with Crippen molar-refractivity contribution in [2.24, 2.45) is 0 Å². The van der Waals surface area contributed by atoms with Crippen molar-refractivity contribution in [1.82, 2.24) is 9.97 Å². The maximum absolute atomic E-state index is 13.2. The number of carbonyl (C=O) groups excluding carboxylic acids is 2. The Morgan fingerprint density at radius 1 is 0.744 bits per heavy atom. The third-order valence-electron chi connectivity index (χ3n) is 6.19. The molecule has 0 bridgehead atoms. The van der Waals surface area contributed by atoms with Gasteiger partial charge in [0.1, 0.15) is 23.6 Å². The number of nitrogens with one attached hydrogen (secondary N) is 1. The summed E-state index contributed by atoms with van der Waals surface area (Å²) in [7, 11) is 0. The van der Waals surface area contributed by atoms with E-state index in [0.717, 1.165) is 39.7 Å². The topological polar surface area (TPSA) is 84.4 Å².